The Bertz CT molecular complexity index is 1210. The summed E-state index contributed by atoms with van der Waals surface area (Å²) in [6.45, 7) is 2.94. The summed E-state index contributed by atoms with van der Waals surface area (Å²) in [6.07, 6.45) is 3.76. The Morgan fingerprint density at radius 1 is 1.26 bits per heavy atom. The highest BCUT2D eigenvalue weighted by molar-refractivity contribution is 6.29. The van der Waals surface area contributed by atoms with Gasteiger partial charge in [-0.25, -0.2) is 23.7 Å². The molecule has 0 unspecified atom stereocenters. The molecule has 0 radical (unpaired) electrons. The number of hydrogen-bond acceptors (Lipinski definition) is 6. The van der Waals surface area contributed by atoms with Gasteiger partial charge in [-0.1, -0.05) is 11.6 Å². The number of nitrogens with zero attached hydrogens (tertiary/aromatic N) is 6. The minimum absolute atomic E-state index is 0.0618. The maximum Gasteiger partial charge on any atom is 0.336 e. The molecule has 0 saturated heterocycles. The second-order valence-corrected chi connectivity index (χ2v) is 6.04. The molecule has 0 fully saturated rings. The van der Waals surface area contributed by atoms with Crippen LogP contribution in [-0.2, 0) is 6.54 Å². The molecule has 0 amide bonds. The number of pyridine rings is 1. The molecule has 0 saturated carbocycles. The first-order valence-electron chi connectivity index (χ1n) is 7.69. The summed E-state index contributed by atoms with van der Waals surface area (Å²) in [6, 6.07) is 3.48. The third-order valence-electron chi connectivity index (χ3n) is 3.88. The van der Waals surface area contributed by atoms with Crippen LogP contribution in [0.2, 0.25) is 5.15 Å². The van der Waals surface area contributed by atoms with E-state index in [0.29, 0.717) is 0 Å². The van der Waals surface area contributed by atoms with Crippen LogP contribution in [0.5, 0.6) is 0 Å². The van der Waals surface area contributed by atoms with Crippen LogP contribution in [0, 0.1) is 31.0 Å². The molecule has 0 bridgehead atoms. The van der Waals surface area contributed by atoms with E-state index in [1.165, 1.54) is 13.1 Å². The van der Waals surface area contributed by atoms with Crippen LogP contribution >= 0.6 is 11.6 Å². The number of aromatic nitrogens is 5. The van der Waals surface area contributed by atoms with Crippen LogP contribution in [0.1, 0.15) is 11.3 Å². The molecule has 27 heavy (non-hydrogen) atoms. The molecule has 0 aliphatic carbocycles. The lowest BCUT2D eigenvalue weighted by molar-refractivity contribution is 0.614. The second-order valence-electron chi connectivity index (χ2n) is 5.68. The SMILES string of the molecule is Cc1cncc(-n2c(=O)c(-c3ncc(F)c(Cl)n3)c(C)n(CC#N)c2=O)c1. The lowest BCUT2D eigenvalue weighted by Gasteiger charge is -2.15. The molecule has 3 aromatic heterocycles. The van der Waals surface area contributed by atoms with Crippen LogP contribution in [0.3, 0.4) is 0 Å². The Labute approximate surface area is 157 Å². The van der Waals surface area contributed by atoms with E-state index in [-0.39, 0.29) is 29.3 Å². The van der Waals surface area contributed by atoms with Crippen LogP contribution in [-0.4, -0.2) is 24.1 Å². The van der Waals surface area contributed by atoms with Gasteiger partial charge in [0.15, 0.2) is 16.8 Å². The van der Waals surface area contributed by atoms with Gasteiger partial charge in [0.1, 0.15) is 12.1 Å². The molecule has 0 N–H and O–H groups in total. The van der Waals surface area contributed by atoms with Gasteiger partial charge in [-0.2, -0.15) is 5.26 Å². The monoisotopic (exact) mass is 386 g/mol. The summed E-state index contributed by atoms with van der Waals surface area (Å²) < 4.78 is 15.4. The first-order chi connectivity index (χ1) is 12.8. The van der Waals surface area contributed by atoms with Crippen LogP contribution in [0.4, 0.5) is 4.39 Å². The van der Waals surface area contributed by atoms with Gasteiger partial charge in [0, 0.05) is 11.9 Å². The number of rotatable bonds is 3. The maximum absolute atomic E-state index is 13.4. The Morgan fingerprint density at radius 3 is 2.63 bits per heavy atom. The fourth-order valence-electron chi connectivity index (χ4n) is 2.62. The number of nitriles is 1. The normalized spacial score (nSPS) is 10.6. The lowest BCUT2D eigenvalue weighted by Crippen LogP contribution is -2.41. The summed E-state index contributed by atoms with van der Waals surface area (Å²) in [7, 11) is 0. The van der Waals surface area contributed by atoms with E-state index in [0.717, 1.165) is 20.9 Å². The number of halogens is 2. The first kappa shape index (κ1) is 18.4. The van der Waals surface area contributed by atoms with E-state index in [1.807, 2.05) is 6.07 Å². The van der Waals surface area contributed by atoms with E-state index in [2.05, 4.69) is 15.0 Å². The Hall–Kier alpha value is -3.38. The summed E-state index contributed by atoms with van der Waals surface area (Å²) in [5, 5.41) is 8.62. The molecule has 136 valence electrons. The van der Waals surface area contributed by atoms with Crippen molar-refractivity contribution in [2.24, 2.45) is 0 Å². The van der Waals surface area contributed by atoms with E-state index < -0.39 is 22.2 Å². The molecular weight excluding hydrogens is 375 g/mol. The van der Waals surface area contributed by atoms with Gasteiger partial charge in [0.25, 0.3) is 5.56 Å². The van der Waals surface area contributed by atoms with Crippen molar-refractivity contribution in [2.75, 3.05) is 0 Å². The lowest BCUT2D eigenvalue weighted by atomic mass is 10.2. The van der Waals surface area contributed by atoms with Crippen molar-refractivity contribution in [3.8, 4) is 23.1 Å². The van der Waals surface area contributed by atoms with Crippen molar-refractivity contribution >= 4 is 11.6 Å². The third kappa shape index (κ3) is 3.22. The summed E-state index contributed by atoms with van der Waals surface area (Å²) in [5.41, 5.74) is -0.357. The van der Waals surface area contributed by atoms with Crippen LogP contribution in [0.25, 0.3) is 17.1 Å². The van der Waals surface area contributed by atoms with Gasteiger partial charge in [0.2, 0.25) is 0 Å². The Kier molecular flexibility index (Phi) is 4.83. The second kappa shape index (κ2) is 7.09. The maximum atomic E-state index is 13.4. The van der Waals surface area contributed by atoms with Crippen molar-refractivity contribution in [3.05, 3.63) is 67.7 Å². The van der Waals surface area contributed by atoms with Gasteiger partial charge >= 0.3 is 5.69 Å². The summed E-state index contributed by atoms with van der Waals surface area (Å²) in [4.78, 5) is 37.5. The van der Waals surface area contributed by atoms with E-state index >= 15 is 0 Å². The van der Waals surface area contributed by atoms with Crippen molar-refractivity contribution in [3.63, 3.8) is 0 Å². The molecule has 3 aromatic rings. The van der Waals surface area contributed by atoms with Gasteiger partial charge < -0.3 is 0 Å². The van der Waals surface area contributed by atoms with Gasteiger partial charge in [-0.05, 0) is 25.5 Å². The first-order valence-corrected chi connectivity index (χ1v) is 8.06. The smallest absolute Gasteiger partial charge is 0.283 e. The minimum Gasteiger partial charge on any atom is -0.283 e. The molecule has 0 aliphatic rings. The van der Waals surface area contributed by atoms with Crippen molar-refractivity contribution < 1.29 is 4.39 Å². The topological polar surface area (TPSA) is 106 Å². The number of hydrogen-bond donors (Lipinski definition) is 0. The average Bonchev–Trinajstić information content (AvgIpc) is 2.62. The summed E-state index contributed by atoms with van der Waals surface area (Å²) >= 11 is 5.71. The fraction of sp³-hybridized carbons (Fsp3) is 0.176. The zero-order valence-corrected chi connectivity index (χ0v) is 15.0. The molecule has 0 aliphatic heterocycles. The highest BCUT2D eigenvalue weighted by Gasteiger charge is 2.21. The molecule has 0 atom stereocenters. The zero-order chi connectivity index (χ0) is 19.7. The van der Waals surface area contributed by atoms with Crippen molar-refractivity contribution in [1.29, 1.82) is 5.26 Å². The van der Waals surface area contributed by atoms with Gasteiger partial charge in [0.05, 0.1) is 24.2 Å². The zero-order valence-electron chi connectivity index (χ0n) is 14.3. The molecule has 0 aromatic carbocycles. The number of aryl methyl sites for hydroxylation is 1. The average molecular weight is 387 g/mol. The van der Waals surface area contributed by atoms with E-state index in [4.69, 9.17) is 16.9 Å². The molecule has 8 nitrogen and oxygen atoms in total. The summed E-state index contributed by atoms with van der Waals surface area (Å²) in [5.74, 6) is -0.989. The Balaban J connectivity index is 2.44. The predicted molar refractivity (Wildman–Crippen MR) is 95.2 cm³/mol. The predicted octanol–water partition coefficient (Wildman–Crippen LogP) is 1.78. The fourth-order valence-corrected chi connectivity index (χ4v) is 2.75. The Morgan fingerprint density at radius 2 is 2.00 bits per heavy atom. The molecule has 3 rings (SSSR count). The van der Waals surface area contributed by atoms with Crippen molar-refractivity contribution in [2.45, 2.75) is 20.4 Å². The third-order valence-corrected chi connectivity index (χ3v) is 4.14. The van der Waals surface area contributed by atoms with E-state index in [1.54, 1.807) is 19.2 Å². The van der Waals surface area contributed by atoms with Gasteiger partial charge in [-0.3, -0.25) is 14.3 Å². The standard InChI is InChI=1S/C17H12ClFN6O2/c1-9-5-11(7-21-6-9)25-16(26)13(10(2)24(4-3-20)17(25)27)15-22-8-12(19)14(18)23-15/h5-8H,4H2,1-2H3. The molecule has 3 heterocycles. The minimum atomic E-state index is -0.841. The molecule has 0 spiro atoms. The van der Waals surface area contributed by atoms with E-state index in [9.17, 15) is 14.0 Å². The van der Waals surface area contributed by atoms with Crippen LogP contribution in [0.15, 0.2) is 34.2 Å². The van der Waals surface area contributed by atoms with Gasteiger partial charge in [-0.15, -0.1) is 0 Å². The largest absolute Gasteiger partial charge is 0.336 e. The molecular formula is C17H12ClFN6O2. The van der Waals surface area contributed by atoms with Crippen LogP contribution < -0.4 is 11.2 Å². The molecule has 10 heteroatoms. The highest BCUT2D eigenvalue weighted by Crippen LogP contribution is 2.19. The van der Waals surface area contributed by atoms with Crippen molar-refractivity contribution in [1.82, 2.24) is 24.1 Å². The highest BCUT2D eigenvalue weighted by atomic mass is 35.5. The quantitative estimate of drug-likeness (QED) is 0.635.